The van der Waals surface area contributed by atoms with Gasteiger partial charge < -0.3 is 15.2 Å². The molecule has 4 heteroatoms. The topological polar surface area (TPSA) is 61.5 Å². The first-order valence-electron chi connectivity index (χ1n) is 4.68. The van der Waals surface area contributed by atoms with E-state index in [0.717, 1.165) is 0 Å². The maximum absolute atomic E-state index is 11.5. The maximum Gasteiger partial charge on any atom is 0.338 e. The van der Waals surface area contributed by atoms with Crippen molar-refractivity contribution in [2.75, 3.05) is 12.8 Å². The van der Waals surface area contributed by atoms with E-state index in [4.69, 9.17) is 15.2 Å². The lowest BCUT2D eigenvalue weighted by Crippen LogP contribution is -2.12. The van der Waals surface area contributed by atoms with Crippen LogP contribution in [-0.2, 0) is 4.74 Å². The molecule has 0 aromatic heterocycles. The molecule has 0 aliphatic heterocycles. The number of hydrogen-bond donors (Lipinski definition) is 1. The number of rotatable bonds is 3. The highest BCUT2D eigenvalue weighted by atomic mass is 16.5. The molecule has 15 heavy (non-hydrogen) atoms. The molecule has 0 radical (unpaired) electrons. The van der Waals surface area contributed by atoms with Gasteiger partial charge in [-0.05, 0) is 26.0 Å². The fraction of sp³-hybridized carbons (Fsp3) is 0.364. The van der Waals surface area contributed by atoms with Crippen molar-refractivity contribution in [1.82, 2.24) is 0 Å². The minimum atomic E-state index is -0.393. The van der Waals surface area contributed by atoms with Crippen LogP contribution in [0, 0.1) is 0 Å². The van der Waals surface area contributed by atoms with Gasteiger partial charge >= 0.3 is 5.97 Å². The van der Waals surface area contributed by atoms with Gasteiger partial charge in [-0.1, -0.05) is 0 Å². The molecule has 0 bridgehead atoms. The second-order valence-electron chi connectivity index (χ2n) is 3.45. The molecule has 0 atom stereocenters. The molecule has 0 aliphatic rings. The van der Waals surface area contributed by atoms with Gasteiger partial charge in [-0.2, -0.15) is 0 Å². The number of benzene rings is 1. The Balaban J connectivity index is 2.93. The highest BCUT2D eigenvalue weighted by Gasteiger charge is 2.11. The van der Waals surface area contributed by atoms with Gasteiger partial charge in [0, 0.05) is 11.8 Å². The first-order chi connectivity index (χ1) is 7.02. The lowest BCUT2D eigenvalue weighted by Gasteiger charge is -2.09. The van der Waals surface area contributed by atoms with Gasteiger partial charge in [-0.25, -0.2) is 4.79 Å². The van der Waals surface area contributed by atoms with Crippen molar-refractivity contribution < 1.29 is 14.3 Å². The number of carbonyl (C=O) groups is 1. The van der Waals surface area contributed by atoms with Crippen molar-refractivity contribution in [3.8, 4) is 5.75 Å². The molecule has 0 heterocycles. The summed E-state index contributed by atoms with van der Waals surface area (Å²) in [6, 6.07) is 4.81. The van der Waals surface area contributed by atoms with Gasteiger partial charge in [-0.3, -0.25) is 0 Å². The molecule has 0 unspecified atom stereocenters. The second kappa shape index (κ2) is 4.68. The Morgan fingerprint density at radius 3 is 2.53 bits per heavy atom. The van der Waals surface area contributed by atoms with Crippen molar-refractivity contribution in [3.05, 3.63) is 23.8 Å². The van der Waals surface area contributed by atoms with Crippen molar-refractivity contribution in [2.24, 2.45) is 0 Å². The second-order valence-corrected chi connectivity index (χ2v) is 3.45. The van der Waals surface area contributed by atoms with Gasteiger partial charge in [0.2, 0.25) is 0 Å². The SMILES string of the molecule is COc1cc(N)cc(C(=O)OC(C)C)c1. The zero-order valence-electron chi connectivity index (χ0n) is 9.11. The van der Waals surface area contributed by atoms with E-state index in [9.17, 15) is 4.79 Å². The van der Waals surface area contributed by atoms with Crippen LogP contribution in [0.2, 0.25) is 0 Å². The number of hydrogen-bond acceptors (Lipinski definition) is 4. The summed E-state index contributed by atoms with van der Waals surface area (Å²) in [4.78, 5) is 11.5. The molecule has 0 aliphatic carbocycles. The Morgan fingerprint density at radius 2 is 2.00 bits per heavy atom. The minimum Gasteiger partial charge on any atom is -0.497 e. The molecule has 1 aromatic rings. The normalized spacial score (nSPS) is 10.1. The van der Waals surface area contributed by atoms with Crippen molar-refractivity contribution in [3.63, 3.8) is 0 Å². The third-order valence-electron chi connectivity index (χ3n) is 1.74. The third-order valence-corrected chi connectivity index (χ3v) is 1.74. The highest BCUT2D eigenvalue weighted by Crippen LogP contribution is 2.19. The van der Waals surface area contributed by atoms with Gasteiger partial charge in [0.05, 0.1) is 18.8 Å². The van der Waals surface area contributed by atoms with Crippen molar-refractivity contribution >= 4 is 11.7 Å². The Bertz CT molecular complexity index is 361. The molecule has 0 spiro atoms. The van der Waals surface area contributed by atoms with Gasteiger partial charge in [0.1, 0.15) is 5.75 Å². The number of anilines is 1. The molecule has 0 saturated carbocycles. The summed E-state index contributed by atoms with van der Waals surface area (Å²) in [5.41, 5.74) is 6.50. The Labute approximate surface area is 89.0 Å². The van der Waals surface area contributed by atoms with Crippen LogP contribution >= 0.6 is 0 Å². The van der Waals surface area contributed by atoms with Crippen LogP contribution in [0.25, 0.3) is 0 Å². The number of esters is 1. The number of carbonyl (C=O) groups excluding carboxylic acids is 1. The highest BCUT2D eigenvalue weighted by molar-refractivity contribution is 5.91. The fourth-order valence-corrected chi connectivity index (χ4v) is 1.14. The zero-order valence-corrected chi connectivity index (χ0v) is 9.11. The van der Waals surface area contributed by atoms with Crippen LogP contribution in [-0.4, -0.2) is 19.2 Å². The summed E-state index contributed by atoms with van der Waals surface area (Å²) in [6.07, 6.45) is -0.148. The lowest BCUT2D eigenvalue weighted by molar-refractivity contribution is 0.0377. The van der Waals surface area contributed by atoms with E-state index in [2.05, 4.69) is 0 Å². The first-order valence-corrected chi connectivity index (χ1v) is 4.68. The molecule has 2 N–H and O–H groups in total. The van der Waals surface area contributed by atoms with Crippen LogP contribution in [0.3, 0.4) is 0 Å². The summed E-state index contributed by atoms with van der Waals surface area (Å²) in [6.45, 7) is 3.59. The average Bonchev–Trinajstić information content (AvgIpc) is 2.15. The smallest absolute Gasteiger partial charge is 0.338 e. The summed E-state index contributed by atoms with van der Waals surface area (Å²) in [7, 11) is 1.52. The summed E-state index contributed by atoms with van der Waals surface area (Å²) >= 11 is 0. The van der Waals surface area contributed by atoms with Crippen molar-refractivity contribution in [2.45, 2.75) is 20.0 Å². The van der Waals surface area contributed by atoms with E-state index in [1.54, 1.807) is 32.0 Å². The van der Waals surface area contributed by atoms with E-state index >= 15 is 0 Å². The molecule has 0 saturated heterocycles. The number of nitrogens with two attached hydrogens (primary N) is 1. The van der Waals surface area contributed by atoms with Crippen LogP contribution in [0.5, 0.6) is 5.75 Å². The zero-order chi connectivity index (χ0) is 11.4. The van der Waals surface area contributed by atoms with E-state index in [1.165, 1.54) is 7.11 Å². The average molecular weight is 209 g/mol. The van der Waals surface area contributed by atoms with Gasteiger partial charge in [0.15, 0.2) is 0 Å². The first kappa shape index (κ1) is 11.4. The maximum atomic E-state index is 11.5. The standard InChI is InChI=1S/C11H15NO3/c1-7(2)15-11(13)8-4-9(12)6-10(5-8)14-3/h4-7H,12H2,1-3H3. The van der Waals surface area contributed by atoms with E-state index < -0.39 is 5.97 Å². The molecule has 1 aromatic carbocycles. The number of ether oxygens (including phenoxy) is 2. The molecular weight excluding hydrogens is 194 g/mol. The monoisotopic (exact) mass is 209 g/mol. The third kappa shape index (κ3) is 3.16. The van der Waals surface area contributed by atoms with E-state index in [-0.39, 0.29) is 6.10 Å². The van der Waals surface area contributed by atoms with Crippen LogP contribution in [0.4, 0.5) is 5.69 Å². The molecule has 0 amide bonds. The molecule has 4 nitrogen and oxygen atoms in total. The molecular formula is C11H15NO3. The molecule has 82 valence electrons. The van der Waals surface area contributed by atoms with Crippen LogP contribution < -0.4 is 10.5 Å². The van der Waals surface area contributed by atoms with Gasteiger partial charge in [0.25, 0.3) is 0 Å². The number of methoxy groups -OCH3 is 1. The Kier molecular flexibility index (Phi) is 3.55. The number of nitrogen functional groups attached to an aromatic ring is 1. The summed E-state index contributed by atoms with van der Waals surface area (Å²) < 4.78 is 10.0. The lowest BCUT2D eigenvalue weighted by atomic mass is 10.2. The Hall–Kier alpha value is -1.71. The minimum absolute atomic E-state index is 0.148. The summed E-state index contributed by atoms with van der Waals surface area (Å²) in [5.74, 6) is 0.154. The quantitative estimate of drug-likeness (QED) is 0.609. The molecule has 1 rings (SSSR count). The predicted molar refractivity (Wildman–Crippen MR) is 58.0 cm³/mol. The van der Waals surface area contributed by atoms with Crippen molar-refractivity contribution in [1.29, 1.82) is 0 Å². The van der Waals surface area contributed by atoms with Gasteiger partial charge in [-0.15, -0.1) is 0 Å². The molecule has 0 fully saturated rings. The summed E-state index contributed by atoms with van der Waals surface area (Å²) in [5, 5.41) is 0. The fourth-order valence-electron chi connectivity index (χ4n) is 1.14. The van der Waals surface area contributed by atoms with Crippen LogP contribution in [0.1, 0.15) is 24.2 Å². The predicted octanol–water partition coefficient (Wildman–Crippen LogP) is 1.84. The van der Waals surface area contributed by atoms with E-state index in [0.29, 0.717) is 17.0 Å². The van der Waals surface area contributed by atoms with E-state index in [1.807, 2.05) is 0 Å². The van der Waals surface area contributed by atoms with Crippen LogP contribution in [0.15, 0.2) is 18.2 Å². The largest absolute Gasteiger partial charge is 0.497 e. The Morgan fingerprint density at radius 1 is 1.33 bits per heavy atom.